The predicted octanol–water partition coefficient (Wildman–Crippen LogP) is 0.368. The van der Waals surface area contributed by atoms with Gasteiger partial charge in [0.2, 0.25) is 18.5 Å². The minimum Gasteiger partial charge on any atom is -0.507 e. The lowest BCUT2D eigenvalue weighted by Gasteiger charge is -2.43. The molecular formula is C36H35F3N2O16. The molecule has 57 heavy (non-hydrogen) atoms. The third-order valence-electron chi connectivity index (χ3n) is 10.2. The summed E-state index contributed by atoms with van der Waals surface area (Å²) in [5.41, 5.74) is -5.69. The van der Waals surface area contributed by atoms with Gasteiger partial charge in [-0.05, 0) is 13.0 Å². The molecule has 18 nitrogen and oxygen atoms in total. The highest BCUT2D eigenvalue weighted by Crippen LogP contribution is 2.52. The molecule has 1 aliphatic heterocycles. The molecule has 6 atom stereocenters. The number of ketones is 4. The van der Waals surface area contributed by atoms with Gasteiger partial charge in [0.25, 0.3) is 0 Å². The Morgan fingerprint density at radius 2 is 1.70 bits per heavy atom. The van der Waals surface area contributed by atoms with Gasteiger partial charge in [0.05, 0.1) is 48.7 Å². The fraction of sp³-hybridized carbons (Fsp3) is 0.472. The highest BCUT2D eigenvalue weighted by Gasteiger charge is 2.51. The van der Waals surface area contributed by atoms with Crippen LogP contribution in [0.4, 0.5) is 13.2 Å². The molecular weight excluding hydrogens is 773 g/mol. The van der Waals surface area contributed by atoms with Gasteiger partial charge in [-0.2, -0.15) is 13.2 Å². The third kappa shape index (κ3) is 7.55. The number of hydrogen-bond acceptors (Lipinski definition) is 17. The number of methoxy groups -OCH3 is 1. The summed E-state index contributed by atoms with van der Waals surface area (Å²) in [5.74, 6) is -8.57. The van der Waals surface area contributed by atoms with E-state index < -0.39 is 150 Å². The number of benzene rings is 2. The molecule has 2 aromatic carbocycles. The molecule has 0 radical (unpaired) electrons. The van der Waals surface area contributed by atoms with E-state index in [2.05, 4.69) is 5.16 Å². The molecule has 1 saturated carbocycles. The quantitative estimate of drug-likeness (QED) is 0.0531. The normalized spacial score (nSPS) is 26.4. The lowest BCUT2D eigenvalue weighted by molar-refractivity contribution is -0.249. The second-order valence-corrected chi connectivity index (χ2v) is 13.8. The number of phenolic OH excluding ortho intramolecular Hbond substituents is 2. The molecule has 4 unspecified atom stereocenters. The summed E-state index contributed by atoms with van der Waals surface area (Å²) < 4.78 is 61.3. The molecule has 4 aliphatic rings. The van der Waals surface area contributed by atoms with E-state index in [-0.39, 0.29) is 35.3 Å². The Morgan fingerprint density at radius 3 is 2.33 bits per heavy atom. The number of hydrogen-bond donors (Lipinski definition) is 6. The van der Waals surface area contributed by atoms with Crippen molar-refractivity contribution in [2.24, 2.45) is 5.16 Å². The summed E-state index contributed by atoms with van der Waals surface area (Å²) in [4.78, 5) is 80.7. The molecule has 3 aliphatic carbocycles. The number of aliphatic hydroxyl groups is 3. The van der Waals surface area contributed by atoms with E-state index in [1.807, 2.05) is 0 Å². The molecule has 1 amide bonds. The number of phenols is 2. The molecule has 0 bridgehead atoms. The van der Waals surface area contributed by atoms with E-state index in [9.17, 15) is 67.5 Å². The van der Waals surface area contributed by atoms with Crippen molar-refractivity contribution in [1.82, 2.24) is 5.32 Å². The van der Waals surface area contributed by atoms with Crippen molar-refractivity contribution in [3.63, 3.8) is 0 Å². The number of carbonyl (C=O) groups excluding carboxylic acids is 6. The van der Waals surface area contributed by atoms with E-state index in [0.29, 0.717) is 0 Å². The number of alkyl halides is 3. The monoisotopic (exact) mass is 808 g/mol. The first kappa shape index (κ1) is 41.2. The predicted molar refractivity (Wildman–Crippen MR) is 179 cm³/mol. The van der Waals surface area contributed by atoms with Gasteiger partial charge in [-0.15, -0.1) is 0 Å². The maximum Gasteiger partial charge on any atom is 0.471 e. The van der Waals surface area contributed by atoms with Gasteiger partial charge in [-0.3, -0.25) is 24.0 Å². The fourth-order valence-electron chi connectivity index (χ4n) is 7.38. The average molecular weight is 809 g/mol. The fourth-order valence-corrected chi connectivity index (χ4v) is 7.38. The van der Waals surface area contributed by atoms with E-state index in [4.69, 9.17) is 23.8 Å². The topological polar surface area (TPSA) is 274 Å². The number of halogens is 3. The number of Topliss-reactive ketones (excluding diaryl/α,β-unsaturated/α-hetero) is 2. The number of rotatable bonds is 10. The first-order valence-corrected chi connectivity index (χ1v) is 17.3. The van der Waals surface area contributed by atoms with Crippen molar-refractivity contribution in [2.45, 2.75) is 87.6 Å². The highest BCUT2D eigenvalue weighted by molar-refractivity contribution is 6.31. The van der Waals surface area contributed by atoms with E-state index in [1.165, 1.54) is 32.2 Å². The molecule has 0 spiro atoms. The van der Waals surface area contributed by atoms with Crippen LogP contribution < -0.4 is 10.1 Å². The maximum atomic E-state index is 14.0. The van der Waals surface area contributed by atoms with Crippen LogP contribution in [-0.4, -0.2) is 129 Å². The van der Waals surface area contributed by atoms with Crippen LogP contribution in [0.5, 0.6) is 17.2 Å². The molecule has 6 rings (SSSR count). The number of esters is 1. The molecule has 2 fully saturated rings. The Labute approximate surface area is 319 Å². The van der Waals surface area contributed by atoms with Gasteiger partial charge in [0.15, 0.2) is 23.6 Å². The summed E-state index contributed by atoms with van der Waals surface area (Å²) in [7, 11) is 1.23. The number of ether oxygens (including phenoxy) is 4. The Bertz CT molecular complexity index is 2070. The lowest BCUT2D eigenvalue weighted by Crippen LogP contribution is -2.57. The zero-order valence-electron chi connectivity index (χ0n) is 30.0. The van der Waals surface area contributed by atoms with Gasteiger partial charge in [0, 0.05) is 48.8 Å². The number of aromatic hydroxyl groups is 2. The van der Waals surface area contributed by atoms with Crippen LogP contribution in [0.1, 0.15) is 81.7 Å². The minimum absolute atomic E-state index is 0.0421. The van der Waals surface area contributed by atoms with Crippen LogP contribution in [0, 0.1) is 0 Å². The summed E-state index contributed by atoms with van der Waals surface area (Å²) in [6, 6.07) is 2.45. The molecule has 1 saturated heterocycles. The van der Waals surface area contributed by atoms with Crippen LogP contribution in [0.3, 0.4) is 0 Å². The van der Waals surface area contributed by atoms with Crippen LogP contribution >= 0.6 is 0 Å². The van der Waals surface area contributed by atoms with E-state index >= 15 is 0 Å². The van der Waals surface area contributed by atoms with Crippen LogP contribution in [0.2, 0.25) is 0 Å². The number of fused-ring (bicyclic) bond motifs is 3. The highest BCUT2D eigenvalue weighted by atomic mass is 19.4. The van der Waals surface area contributed by atoms with E-state index in [0.717, 1.165) is 0 Å². The van der Waals surface area contributed by atoms with Crippen LogP contribution in [0.25, 0.3) is 0 Å². The number of aliphatic hydroxyl groups excluding tert-OH is 2. The summed E-state index contributed by atoms with van der Waals surface area (Å²) in [6.45, 7) is -0.873. The third-order valence-corrected chi connectivity index (χ3v) is 10.2. The van der Waals surface area contributed by atoms with Crippen molar-refractivity contribution < 1.29 is 91.3 Å². The summed E-state index contributed by atoms with van der Waals surface area (Å²) in [5, 5.41) is 61.8. The molecule has 306 valence electrons. The summed E-state index contributed by atoms with van der Waals surface area (Å²) >= 11 is 0. The first-order chi connectivity index (χ1) is 26.8. The Balaban J connectivity index is 1.39. The summed E-state index contributed by atoms with van der Waals surface area (Å²) in [6.07, 6.45) is -15.7. The zero-order valence-corrected chi connectivity index (χ0v) is 30.0. The lowest BCUT2D eigenvalue weighted by atomic mass is 9.71. The largest absolute Gasteiger partial charge is 0.507 e. The van der Waals surface area contributed by atoms with Crippen molar-refractivity contribution in [3.05, 3.63) is 51.6 Å². The van der Waals surface area contributed by atoms with Crippen LogP contribution in [-0.2, 0) is 44.6 Å². The average Bonchev–Trinajstić information content (AvgIpc) is 3.46. The molecule has 0 aromatic heterocycles. The van der Waals surface area contributed by atoms with Gasteiger partial charge in [-0.1, -0.05) is 17.3 Å². The standard InChI is InChI=1S/C36H35F3N2O16/c1-13-28(46)16(40-34(51)36(37,38)39)8-23(55-13)56-20-10-35(52,21(11-42)41-54-12-22(45)57-33-17(43)6-7-18(33)44)9-15-25(20)32(50)27-26(30(15)48)29(47)14-4-3-5-19(53-2)24(14)31(27)49/h3-5,13,16,20,23,28,33,42,46,48,50,52H,6-12H2,1-2H3,(H,40,51)/b41-21+/t13?,16?,20-,23?,28?,35-/m0/s1. The van der Waals surface area contributed by atoms with E-state index in [1.54, 1.807) is 5.32 Å². The Morgan fingerprint density at radius 1 is 1.04 bits per heavy atom. The molecule has 1 heterocycles. The van der Waals surface area contributed by atoms with Crippen molar-refractivity contribution in [1.29, 1.82) is 0 Å². The second kappa shape index (κ2) is 15.5. The Hall–Kier alpha value is -5.48. The number of nitrogens with one attached hydrogen (secondary N) is 1. The van der Waals surface area contributed by atoms with Gasteiger partial charge in [0.1, 0.15) is 34.7 Å². The SMILES string of the molecule is COc1cccc2c1C(=O)c1c(O)c3c(c(O)c1C2=O)C[C@@](O)(/C(CO)=N/OCC(=O)OC1C(=O)CCC1=O)C[C@@H]3OC1CC(NC(=O)C(F)(F)F)C(O)C(C)O1. The smallest absolute Gasteiger partial charge is 0.471 e. The molecule has 21 heteroatoms. The second-order valence-electron chi connectivity index (χ2n) is 13.8. The molecule has 6 N–H and O–H groups in total. The zero-order chi connectivity index (χ0) is 41.7. The number of nitrogens with zero attached hydrogens (tertiary/aromatic N) is 1. The van der Waals surface area contributed by atoms with Gasteiger partial charge >= 0.3 is 18.1 Å². The number of carbonyl (C=O) groups is 6. The van der Waals surface area contributed by atoms with Gasteiger partial charge in [-0.25, -0.2) is 4.79 Å². The number of amides is 1. The van der Waals surface area contributed by atoms with Crippen LogP contribution in [0.15, 0.2) is 23.4 Å². The number of oxime groups is 1. The van der Waals surface area contributed by atoms with Gasteiger partial charge < -0.3 is 54.6 Å². The van der Waals surface area contributed by atoms with Crippen molar-refractivity contribution >= 4 is 40.7 Å². The molecule has 2 aromatic rings. The first-order valence-electron chi connectivity index (χ1n) is 17.3. The van der Waals surface area contributed by atoms with Crippen molar-refractivity contribution in [2.75, 3.05) is 20.3 Å². The van der Waals surface area contributed by atoms with Crippen molar-refractivity contribution in [3.8, 4) is 17.2 Å². The Kier molecular flexibility index (Phi) is 11.2. The maximum absolute atomic E-state index is 14.0. The minimum atomic E-state index is -5.33.